The van der Waals surface area contributed by atoms with Gasteiger partial charge in [-0.05, 0) is 44.2 Å². The van der Waals surface area contributed by atoms with E-state index in [0.29, 0.717) is 22.5 Å². The summed E-state index contributed by atoms with van der Waals surface area (Å²) in [6, 6.07) is 3.54. The van der Waals surface area contributed by atoms with Gasteiger partial charge in [0, 0.05) is 19.6 Å². The second kappa shape index (κ2) is 6.93. The van der Waals surface area contributed by atoms with Crippen LogP contribution in [0.15, 0.2) is 12.1 Å². The summed E-state index contributed by atoms with van der Waals surface area (Å²) in [5, 5.41) is 3.54. The summed E-state index contributed by atoms with van der Waals surface area (Å²) in [5.41, 5.74) is 0.360. The number of halogens is 1. The van der Waals surface area contributed by atoms with Gasteiger partial charge in [0.25, 0.3) is 5.91 Å². The van der Waals surface area contributed by atoms with Crippen LogP contribution in [-0.2, 0) is 0 Å². The molecule has 0 radical (unpaired) electrons. The molecule has 0 aliphatic heterocycles. The smallest absolute Gasteiger partial charge is 0.274 e. The van der Waals surface area contributed by atoms with E-state index in [0.717, 1.165) is 26.1 Å². The fourth-order valence-corrected chi connectivity index (χ4v) is 2.37. The lowest BCUT2D eigenvalue weighted by atomic mass is 10.2. The monoisotopic (exact) mass is 295 g/mol. The van der Waals surface area contributed by atoms with E-state index in [4.69, 9.17) is 11.6 Å². The zero-order chi connectivity index (χ0) is 14.5. The van der Waals surface area contributed by atoms with Crippen molar-refractivity contribution in [2.45, 2.75) is 33.1 Å². The van der Waals surface area contributed by atoms with Crippen molar-refractivity contribution in [1.29, 1.82) is 0 Å². The van der Waals surface area contributed by atoms with E-state index in [9.17, 15) is 4.79 Å². The minimum absolute atomic E-state index is 0.0523. The SMILES string of the molecule is CCCN(CC1CC1)C(=O)c1nc(NCC)ccc1Cl. The summed E-state index contributed by atoms with van der Waals surface area (Å²) in [5.74, 6) is 1.31. The Labute approximate surface area is 125 Å². The van der Waals surface area contributed by atoms with Crippen LogP contribution < -0.4 is 5.32 Å². The first kappa shape index (κ1) is 15.1. The first-order valence-electron chi connectivity index (χ1n) is 7.35. The molecule has 1 saturated carbocycles. The lowest BCUT2D eigenvalue weighted by Crippen LogP contribution is -2.34. The number of hydrogen-bond donors (Lipinski definition) is 1. The van der Waals surface area contributed by atoms with Crippen molar-refractivity contribution in [3.63, 3.8) is 0 Å². The molecule has 0 unspecified atom stereocenters. The number of nitrogens with zero attached hydrogens (tertiary/aromatic N) is 2. The molecule has 1 aliphatic carbocycles. The van der Waals surface area contributed by atoms with Gasteiger partial charge in [-0.15, -0.1) is 0 Å². The lowest BCUT2D eigenvalue weighted by molar-refractivity contribution is 0.0742. The Balaban J connectivity index is 2.17. The largest absolute Gasteiger partial charge is 0.370 e. The molecule has 110 valence electrons. The molecule has 5 heteroatoms. The highest BCUT2D eigenvalue weighted by Crippen LogP contribution is 2.30. The van der Waals surface area contributed by atoms with Crippen LogP contribution in [0.3, 0.4) is 0 Å². The van der Waals surface area contributed by atoms with Crippen LogP contribution in [0.4, 0.5) is 5.82 Å². The minimum Gasteiger partial charge on any atom is -0.370 e. The molecule has 1 N–H and O–H groups in total. The average molecular weight is 296 g/mol. The molecular formula is C15H22ClN3O. The van der Waals surface area contributed by atoms with Gasteiger partial charge in [-0.3, -0.25) is 4.79 Å². The van der Waals surface area contributed by atoms with E-state index < -0.39 is 0 Å². The highest BCUT2D eigenvalue weighted by atomic mass is 35.5. The Morgan fingerprint density at radius 1 is 1.45 bits per heavy atom. The number of rotatable bonds is 7. The quantitative estimate of drug-likeness (QED) is 0.838. The fourth-order valence-electron chi connectivity index (χ4n) is 2.18. The summed E-state index contributed by atoms with van der Waals surface area (Å²) in [6.45, 7) is 6.43. The maximum atomic E-state index is 12.6. The zero-order valence-electron chi connectivity index (χ0n) is 12.2. The normalized spacial score (nSPS) is 14.2. The summed E-state index contributed by atoms with van der Waals surface area (Å²) in [4.78, 5) is 18.9. The van der Waals surface area contributed by atoms with Crippen molar-refractivity contribution in [2.75, 3.05) is 25.0 Å². The van der Waals surface area contributed by atoms with Crippen molar-refractivity contribution < 1.29 is 4.79 Å². The van der Waals surface area contributed by atoms with Crippen LogP contribution >= 0.6 is 11.6 Å². The van der Waals surface area contributed by atoms with E-state index in [-0.39, 0.29) is 5.91 Å². The summed E-state index contributed by atoms with van der Waals surface area (Å²) in [7, 11) is 0. The van der Waals surface area contributed by atoms with Gasteiger partial charge >= 0.3 is 0 Å². The molecule has 1 amide bonds. The molecule has 4 nitrogen and oxygen atoms in total. The third-order valence-corrected chi connectivity index (χ3v) is 3.67. The van der Waals surface area contributed by atoms with E-state index in [2.05, 4.69) is 17.2 Å². The van der Waals surface area contributed by atoms with Gasteiger partial charge in [-0.1, -0.05) is 18.5 Å². The van der Waals surface area contributed by atoms with Crippen molar-refractivity contribution in [1.82, 2.24) is 9.88 Å². The predicted molar refractivity (Wildman–Crippen MR) is 82.3 cm³/mol. The second-order valence-electron chi connectivity index (χ2n) is 5.25. The van der Waals surface area contributed by atoms with Crippen molar-refractivity contribution in [3.8, 4) is 0 Å². The van der Waals surface area contributed by atoms with Crippen LogP contribution in [0.5, 0.6) is 0 Å². The molecule has 1 heterocycles. The molecule has 1 aromatic heterocycles. The molecule has 0 bridgehead atoms. The minimum atomic E-state index is -0.0523. The topological polar surface area (TPSA) is 45.2 Å². The fraction of sp³-hybridized carbons (Fsp3) is 0.600. The third-order valence-electron chi connectivity index (χ3n) is 3.36. The molecular weight excluding hydrogens is 274 g/mol. The first-order chi connectivity index (χ1) is 9.65. The van der Waals surface area contributed by atoms with Crippen molar-refractivity contribution in [3.05, 3.63) is 22.8 Å². The molecule has 1 aliphatic rings. The standard InChI is InChI=1S/C15H22ClN3O/c1-3-9-19(10-11-5-6-11)15(20)14-12(16)7-8-13(18-14)17-4-2/h7-8,11H,3-6,9-10H2,1-2H3,(H,17,18). The molecule has 0 spiro atoms. The van der Waals surface area contributed by atoms with Gasteiger partial charge in [0.1, 0.15) is 11.5 Å². The molecule has 0 saturated heterocycles. The Morgan fingerprint density at radius 3 is 2.80 bits per heavy atom. The number of nitrogens with one attached hydrogen (secondary N) is 1. The third kappa shape index (κ3) is 3.85. The van der Waals surface area contributed by atoms with E-state index in [1.807, 2.05) is 11.8 Å². The van der Waals surface area contributed by atoms with Gasteiger partial charge in [0.2, 0.25) is 0 Å². The maximum absolute atomic E-state index is 12.6. The number of anilines is 1. The Bertz CT molecular complexity index is 474. The van der Waals surface area contributed by atoms with Crippen molar-refractivity contribution in [2.24, 2.45) is 5.92 Å². The predicted octanol–water partition coefficient (Wildman–Crippen LogP) is 3.43. The van der Waals surface area contributed by atoms with Gasteiger partial charge in [0.15, 0.2) is 0 Å². The van der Waals surface area contributed by atoms with Crippen LogP contribution in [0, 0.1) is 5.92 Å². The summed E-state index contributed by atoms with van der Waals surface area (Å²) < 4.78 is 0. The van der Waals surface area contributed by atoms with Gasteiger partial charge in [-0.25, -0.2) is 4.98 Å². The van der Waals surface area contributed by atoms with Crippen LogP contribution in [0.1, 0.15) is 43.6 Å². The lowest BCUT2D eigenvalue weighted by Gasteiger charge is -2.22. The number of amides is 1. The first-order valence-corrected chi connectivity index (χ1v) is 7.73. The van der Waals surface area contributed by atoms with E-state index in [1.165, 1.54) is 12.8 Å². The maximum Gasteiger partial charge on any atom is 0.274 e. The number of hydrogen-bond acceptors (Lipinski definition) is 3. The van der Waals surface area contributed by atoms with Crippen LogP contribution in [0.2, 0.25) is 5.02 Å². The molecule has 2 rings (SSSR count). The average Bonchev–Trinajstić information content (AvgIpc) is 3.24. The van der Waals surface area contributed by atoms with E-state index >= 15 is 0 Å². The molecule has 1 aromatic rings. The number of pyridine rings is 1. The van der Waals surface area contributed by atoms with Crippen LogP contribution in [0.25, 0.3) is 0 Å². The number of aromatic nitrogens is 1. The number of carbonyl (C=O) groups excluding carboxylic acids is 1. The zero-order valence-corrected chi connectivity index (χ0v) is 12.9. The Morgan fingerprint density at radius 2 is 2.20 bits per heavy atom. The van der Waals surface area contributed by atoms with Gasteiger partial charge in [-0.2, -0.15) is 0 Å². The van der Waals surface area contributed by atoms with Gasteiger partial charge < -0.3 is 10.2 Å². The molecule has 0 aromatic carbocycles. The molecule has 0 atom stereocenters. The van der Waals surface area contributed by atoms with Crippen molar-refractivity contribution >= 4 is 23.3 Å². The van der Waals surface area contributed by atoms with Crippen LogP contribution in [-0.4, -0.2) is 35.4 Å². The molecule has 20 heavy (non-hydrogen) atoms. The second-order valence-corrected chi connectivity index (χ2v) is 5.66. The summed E-state index contributed by atoms with van der Waals surface area (Å²) >= 11 is 6.15. The highest BCUT2D eigenvalue weighted by Gasteiger charge is 2.28. The Kier molecular flexibility index (Phi) is 5.24. The molecule has 1 fully saturated rings. The van der Waals surface area contributed by atoms with E-state index in [1.54, 1.807) is 12.1 Å². The number of carbonyl (C=O) groups is 1. The Hall–Kier alpha value is -1.29. The summed E-state index contributed by atoms with van der Waals surface area (Å²) in [6.07, 6.45) is 3.40. The van der Waals surface area contributed by atoms with Gasteiger partial charge in [0.05, 0.1) is 5.02 Å². The highest BCUT2D eigenvalue weighted by molar-refractivity contribution is 6.33.